The number of aliphatic carboxylic acids is 1. The third kappa shape index (κ3) is 2.76. The maximum atomic E-state index is 12.0. The number of nitrogens with zero attached hydrogens (tertiary/aromatic N) is 3. The van der Waals surface area contributed by atoms with Crippen LogP contribution in [0.1, 0.15) is 17.0 Å². The molecule has 0 spiro atoms. The Balaban J connectivity index is 2.47. The minimum absolute atomic E-state index is 0.130. The number of hydrogen-bond acceptors (Lipinski definition) is 5. The van der Waals surface area contributed by atoms with E-state index in [9.17, 15) is 9.59 Å². The summed E-state index contributed by atoms with van der Waals surface area (Å²) in [6, 6.07) is 0. The van der Waals surface area contributed by atoms with E-state index >= 15 is 0 Å². The maximum absolute atomic E-state index is 12.0. The summed E-state index contributed by atoms with van der Waals surface area (Å²) in [4.78, 5) is 26.8. The first-order valence-corrected chi connectivity index (χ1v) is 6.14. The minimum Gasteiger partial charge on any atom is -0.481 e. The van der Waals surface area contributed by atoms with Crippen molar-refractivity contribution in [2.75, 3.05) is 31.3 Å². The molecule has 19 heavy (non-hydrogen) atoms. The predicted octanol–water partition coefficient (Wildman–Crippen LogP) is -0.545. The van der Waals surface area contributed by atoms with Crippen LogP contribution in [0.15, 0.2) is 4.79 Å². The van der Waals surface area contributed by atoms with Crippen LogP contribution in [-0.2, 0) is 16.0 Å². The van der Waals surface area contributed by atoms with Crippen LogP contribution in [0.4, 0.5) is 0 Å². The lowest BCUT2D eigenvalue weighted by molar-refractivity contribution is -0.136. The van der Waals surface area contributed by atoms with Crippen molar-refractivity contribution in [1.82, 2.24) is 9.66 Å². The fraction of sp³-hybridized carbons (Fsp3) is 0.583. The van der Waals surface area contributed by atoms with Crippen molar-refractivity contribution in [2.24, 2.45) is 0 Å². The number of aromatic nitrogens is 2. The van der Waals surface area contributed by atoms with Gasteiger partial charge in [-0.2, -0.15) is 4.98 Å². The molecule has 0 atom stereocenters. The maximum Gasteiger partial charge on any atom is 0.366 e. The van der Waals surface area contributed by atoms with Gasteiger partial charge in [-0.15, -0.1) is 0 Å². The first-order valence-electron chi connectivity index (χ1n) is 6.14. The van der Waals surface area contributed by atoms with Crippen LogP contribution in [0, 0.1) is 13.8 Å². The standard InChI is InChI=1S/C12H17N3O4/c1-8-10(7-11(16)17)9(2)15(12(18)13-8)14-3-5-19-6-4-14/h3-7H2,1-2H3,(H,16,17). The Morgan fingerprint density at radius 3 is 2.58 bits per heavy atom. The molecule has 1 aliphatic heterocycles. The quantitative estimate of drug-likeness (QED) is 0.791. The van der Waals surface area contributed by atoms with Crippen molar-refractivity contribution in [2.45, 2.75) is 20.3 Å². The largest absolute Gasteiger partial charge is 0.481 e. The molecule has 0 radical (unpaired) electrons. The minimum atomic E-state index is -0.930. The van der Waals surface area contributed by atoms with E-state index in [-0.39, 0.29) is 12.1 Å². The zero-order chi connectivity index (χ0) is 14.0. The monoisotopic (exact) mass is 267 g/mol. The molecule has 1 aromatic rings. The predicted molar refractivity (Wildman–Crippen MR) is 68.1 cm³/mol. The zero-order valence-corrected chi connectivity index (χ0v) is 11.0. The highest BCUT2D eigenvalue weighted by Crippen LogP contribution is 2.11. The Hall–Kier alpha value is -1.89. The highest BCUT2D eigenvalue weighted by Gasteiger charge is 2.19. The van der Waals surface area contributed by atoms with Crippen LogP contribution in [-0.4, -0.2) is 47.0 Å². The van der Waals surface area contributed by atoms with Crippen molar-refractivity contribution >= 4 is 5.97 Å². The van der Waals surface area contributed by atoms with Crippen molar-refractivity contribution in [3.05, 3.63) is 27.4 Å². The Bertz CT molecular complexity index is 547. The molecule has 2 rings (SSSR count). The average Bonchev–Trinajstić information content (AvgIpc) is 2.35. The van der Waals surface area contributed by atoms with Gasteiger partial charge in [0.15, 0.2) is 0 Å². The summed E-state index contributed by atoms with van der Waals surface area (Å²) in [5.41, 5.74) is 1.35. The number of carboxylic acid groups (broad SMARTS) is 1. The summed E-state index contributed by atoms with van der Waals surface area (Å²) in [6.07, 6.45) is -0.130. The van der Waals surface area contributed by atoms with E-state index < -0.39 is 5.97 Å². The van der Waals surface area contributed by atoms with Gasteiger partial charge in [-0.3, -0.25) is 4.79 Å². The summed E-state index contributed by atoms with van der Waals surface area (Å²) in [5.74, 6) is -0.930. The smallest absolute Gasteiger partial charge is 0.366 e. The Morgan fingerprint density at radius 1 is 1.37 bits per heavy atom. The van der Waals surface area contributed by atoms with Crippen molar-refractivity contribution in [3.8, 4) is 0 Å². The molecule has 0 unspecified atom stereocenters. The molecule has 1 fully saturated rings. The fourth-order valence-electron chi connectivity index (χ4n) is 2.29. The first kappa shape index (κ1) is 13.5. The van der Waals surface area contributed by atoms with Gasteiger partial charge in [0.05, 0.1) is 32.7 Å². The zero-order valence-electron chi connectivity index (χ0n) is 11.0. The van der Waals surface area contributed by atoms with Crippen LogP contribution in [0.25, 0.3) is 0 Å². The number of morpholine rings is 1. The highest BCUT2D eigenvalue weighted by atomic mass is 16.5. The lowest BCUT2D eigenvalue weighted by Crippen LogP contribution is -2.50. The molecule has 104 valence electrons. The molecular weight excluding hydrogens is 250 g/mol. The second-order valence-corrected chi connectivity index (χ2v) is 4.49. The molecule has 1 aromatic heterocycles. The van der Waals surface area contributed by atoms with Gasteiger partial charge >= 0.3 is 11.7 Å². The van der Waals surface area contributed by atoms with Gasteiger partial charge in [-0.05, 0) is 13.8 Å². The van der Waals surface area contributed by atoms with E-state index in [1.807, 2.05) is 5.01 Å². The number of rotatable bonds is 3. The number of ether oxygens (including phenoxy) is 1. The lowest BCUT2D eigenvalue weighted by Gasteiger charge is -2.31. The van der Waals surface area contributed by atoms with Crippen LogP contribution >= 0.6 is 0 Å². The van der Waals surface area contributed by atoms with E-state index in [0.29, 0.717) is 43.3 Å². The van der Waals surface area contributed by atoms with E-state index in [4.69, 9.17) is 9.84 Å². The number of carboxylic acids is 1. The number of carbonyl (C=O) groups is 1. The van der Waals surface area contributed by atoms with Gasteiger partial charge in [-0.1, -0.05) is 0 Å². The molecule has 0 aliphatic carbocycles. The van der Waals surface area contributed by atoms with Crippen molar-refractivity contribution in [1.29, 1.82) is 0 Å². The molecule has 1 aliphatic rings. The van der Waals surface area contributed by atoms with E-state index in [2.05, 4.69) is 4.98 Å². The topological polar surface area (TPSA) is 84.7 Å². The van der Waals surface area contributed by atoms with Crippen molar-refractivity contribution < 1.29 is 14.6 Å². The second-order valence-electron chi connectivity index (χ2n) is 4.49. The molecular formula is C12H17N3O4. The Morgan fingerprint density at radius 2 is 2.00 bits per heavy atom. The van der Waals surface area contributed by atoms with Gasteiger partial charge in [0.2, 0.25) is 0 Å². The Labute approximate surface area is 110 Å². The SMILES string of the molecule is Cc1nc(=O)n(N2CCOCC2)c(C)c1CC(=O)O. The van der Waals surface area contributed by atoms with Gasteiger partial charge in [0.1, 0.15) is 0 Å². The molecule has 0 saturated carbocycles. The van der Waals surface area contributed by atoms with Gasteiger partial charge in [0.25, 0.3) is 0 Å². The number of hydrogen-bond donors (Lipinski definition) is 1. The summed E-state index contributed by atoms with van der Waals surface area (Å²) in [5, 5.41) is 10.8. The average molecular weight is 267 g/mol. The third-order valence-corrected chi connectivity index (χ3v) is 3.23. The van der Waals surface area contributed by atoms with Crippen LogP contribution in [0.3, 0.4) is 0 Å². The molecule has 1 N–H and O–H groups in total. The van der Waals surface area contributed by atoms with Crippen LogP contribution in [0.2, 0.25) is 0 Å². The summed E-state index contributed by atoms with van der Waals surface area (Å²) >= 11 is 0. The molecule has 1 saturated heterocycles. The first-order chi connectivity index (χ1) is 9.00. The van der Waals surface area contributed by atoms with Gasteiger partial charge in [-0.25, -0.2) is 9.47 Å². The lowest BCUT2D eigenvalue weighted by atomic mass is 10.1. The van der Waals surface area contributed by atoms with Gasteiger partial charge in [0, 0.05) is 17.0 Å². The van der Waals surface area contributed by atoms with Crippen LogP contribution in [0.5, 0.6) is 0 Å². The van der Waals surface area contributed by atoms with E-state index in [1.54, 1.807) is 13.8 Å². The molecule has 0 amide bonds. The summed E-state index contributed by atoms with van der Waals surface area (Å²) in [6.45, 7) is 5.71. The highest BCUT2D eigenvalue weighted by molar-refractivity contribution is 5.70. The molecule has 7 nitrogen and oxygen atoms in total. The van der Waals surface area contributed by atoms with Crippen LogP contribution < -0.4 is 10.7 Å². The third-order valence-electron chi connectivity index (χ3n) is 3.23. The molecule has 0 aromatic carbocycles. The van der Waals surface area contributed by atoms with E-state index in [0.717, 1.165) is 0 Å². The summed E-state index contributed by atoms with van der Waals surface area (Å²) in [7, 11) is 0. The van der Waals surface area contributed by atoms with Crippen molar-refractivity contribution in [3.63, 3.8) is 0 Å². The normalized spacial score (nSPS) is 15.6. The number of aryl methyl sites for hydroxylation is 1. The molecule has 7 heteroatoms. The second kappa shape index (κ2) is 5.40. The molecule has 2 heterocycles. The van der Waals surface area contributed by atoms with Gasteiger partial charge < -0.3 is 14.9 Å². The molecule has 0 bridgehead atoms. The Kier molecular flexibility index (Phi) is 3.84. The fourth-order valence-corrected chi connectivity index (χ4v) is 2.29. The van der Waals surface area contributed by atoms with E-state index in [1.165, 1.54) is 4.68 Å². The summed E-state index contributed by atoms with van der Waals surface area (Å²) < 4.78 is 6.71.